The van der Waals surface area contributed by atoms with E-state index in [1.54, 1.807) is 13.0 Å². The first-order valence-corrected chi connectivity index (χ1v) is 7.16. The highest BCUT2D eigenvalue weighted by molar-refractivity contribution is 7.99. The van der Waals surface area contributed by atoms with Crippen LogP contribution >= 0.6 is 11.8 Å². The van der Waals surface area contributed by atoms with E-state index in [1.165, 1.54) is 6.07 Å². The van der Waals surface area contributed by atoms with Gasteiger partial charge in [0.05, 0.1) is 4.90 Å². The molecule has 2 rings (SSSR count). The molecule has 1 N–H and O–H groups in total. The van der Waals surface area contributed by atoms with Crippen LogP contribution in [0.5, 0.6) is 0 Å². The predicted octanol–water partition coefficient (Wildman–Crippen LogP) is 3.56. The number of hydrogen-bond acceptors (Lipinski definition) is 5. The van der Waals surface area contributed by atoms with Gasteiger partial charge in [-0.25, -0.2) is 4.39 Å². The minimum absolute atomic E-state index is 0.00514. The third kappa shape index (κ3) is 4.31. The summed E-state index contributed by atoms with van der Waals surface area (Å²) in [4.78, 5) is 0.480. The van der Waals surface area contributed by atoms with Gasteiger partial charge in [0.25, 0.3) is 5.22 Å². The summed E-state index contributed by atoms with van der Waals surface area (Å²) in [6.07, 6.45) is 0. The fourth-order valence-electron chi connectivity index (χ4n) is 1.52. The number of hydrogen-bond donors (Lipinski definition) is 1. The van der Waals surface area contributed by atoms with Crippen LogP contribution in [-0.2, 0) is 6.54 Å². The van der Waals surface area contributed by atoms with Crippen molar-refractivity contribution < 1.29 is 8.81 Å². The van der Waals surface area contributed by atoms with Gasteiger partial charge in [-0.15, -0.1) is 10.2 Å². The molecular formula is C14H18FN3OS. The molecule has 0 amide bonds. The summed E-state index contributed by atoms with van der Waals surface area (Å²) in [7, 11) is 0. The normalized spacial score (nSPS) is 11.8. The zero-order valence-electron chi connectivity index (χ0n) is 12.0. The lowest BCUT2D eigenvalue weighted by Gasteiger charge is -2.20. The average Bonchev–Trinajstić information content (AvgIpc) is 2.74. The van der Waals surface area contributed by atoms with E-state index in [1.807, 2.05) is 6.07 Å². The van der Waals surface area contributed by atoms with Crippen molar-refractivity contribution in [3.05, 3.63) is 35.5 Å². The summed E-state index contributed by atoms with van der Waals surface area (Å²) in [5.41, 5.74) is 0.911. The van der Waals surface area contributed by atoms with E-state index in [4.69, 9.17) is 4.42 Å². The maximum Gasteiger partial charge on any atom is 0.281 e. The first-order chi connectivity index (χ1) is 9.33. The van der Waals surface area contributed by atoms with Crippen molar-refractivity contribution in [1.82, 2.24) is 15.5 Å². The Bertz CT molecular complexity index is 592. The molecule has 2 aromatic rings. The summed E-state index contributed by atoms with van der Waals surface area (Å²) in [5.74, 6) is 0.193. The Morgan fingerprint density at radius 2 is 2.05 bits per heavy atom. The van der Waals surface area contributed by atoms with Crippen LogP contribution in [0.1, 0.15) is 32.2 Å². The Hall–Kier alpha value is -1.40. The van der Waals surface area contributed by atoms with Crippen LogP contribution in [0.25, 0.3) is 0 Å². The second-order valence-electron chi connectivity index (χ2n) is 5.56. The van der Waals surface area contributed by atoms with Gasteiger partial charge in [-0.05, 0) is 50.2 Å². The molecule has 0 bridgehead atoms. The molecule has 1 heterocycles. The topological polar surface area (TPSA) is 51.0 Å². The molecule has 0 saturated heterocycles. The first kappa shape index (κ1) is 15.0. The molecule has 0 spiro atoms. The second-order valence-corrected chi connectivity index (χ2v) is 6.55. The van der Waals surface area contributed by atoms with Gasteiger partial charge in [0.1, 0.15) is 5.82 Å². The number of aryl methyl sites for hydroxylation is 1. The highest BCUT2D eigenvalue weighted by Crippen LogP contribution is 2.29. The molecule has 20 heavy (non-hydrogen) atoms. The molecule has 0 radical (unpaired) electrons. The summed E-state index contributed by atoms with van der Waals surface area (Å²) in [6.45, 7) is 8.56. The monoisotopic (exact) mass is 295 g/mol. The molecule has 0 fully saturated rings. The van der Waals surface area contributed by atoms with Crippen LogP contribution in [0.15, 0.2) is 32.7 Å². The molecule has 0 saturated carbocycles. The van der Waals surface area contributed by atoms with Gasteiger partial charge in [0.2, 0.25) is 5.89 Å². The zero-order chi connectivity index (χ0) is 14.8. The number of halogens is 1. The van der Waals surface area contributed by atoms with Gasteiger partial charge in [-0.3, -0.25) is 0 Å². The number of nitrogens with zero attached hydrogens (tertiary/aromatic N) is 2. The van der Waals surface area contributed by atoms with Crippen molar-refractivity contribution in [2.75, 3.05) is 0 Å². The van der Waals surface area contributed by atoms with Crippen LogP contribution in [0.3, 0.4) is 0 Å². The Morgan fingerprint density at radius 3 is 2.60 bits per heavy atom. The maximum atomic E-state index is 14.0. The Kier molecular flexibility index (Phi) is 4.45. The SMILES string of the molecule is Cc1nnc(Sc2ccc(CNC(C)(C)C)cc2F)o1. The van der Waals surface area contributed by atoms with Gasteiger partial charge in [0, 0.05) is 19.0 Å². The van der Waals surface area contributed by atoms with E-state index in [-0.39, 0.29) is 11.4 Å². The van der Waals surface area contributed by atoms with Gasteiger partial charge in [-0.1, -0.05) is 6.07 Å². The van der Waals surface area contributed by atoms with E-state index in [0.29, 0.717) is 22.6 Å². The van der Waals surface area contributed by atoms with E-state index >= 15 is 0 Å². The van der Waals surface area contributed by atoms with Crippen molar-refractivity contribution in [2.45, 2.75) is 49.9 Å². The van der Waals surface area contributed by atoms with Crippen molar-refractivity contribution in [2.24, 2.45) is 0 Å². The number of benzene rings is 1. The maximum absolute atomic E-state index is 14.0. The van der Waals surface area contributed by atoms with Gasteiger partial charge in [0.15, 0.2) is 0 Å². The summed E-state index contributed by atoms with van der Waals surface area (Å²) in [5, 5.41) is 11.2. The fourth-order valence-corrected chi connectivity index (χ4v) is 2.24. The fraction of sp³-hybridized carbons (Fsp3) is 0.429. The van der Waals surface area contributed by atoms with Gasteiger partial charge >= 0.3 is 0 Å². The number of nitrogens with one attached hydrogen (secondary N) is 1. The molecule has 0 aliphatic carbocycles. The molecule has 4 nitrogen and oxygen atoms in total. The van der Waals surface area contributed by atoms with E-state index < -0.39 is 0 Å². The Morgan fingerprint density at radius 1 is 1.30 bits per heavy atom. The highest BCUT2D eigenvalue weighted by Gasteiger charge is 2.12. The van der Waals surface area contributed by atoms with E-state index in [0.717, 1.165) is 17.3 Å². The average molecular weight is 295 g/mol. The van der Waals surface area contributed by atoms with Crippen molar-refractivity contribution in [1.29, 1.82) is 0 Å². The highest BCUT2D eigenvalue weighted by atomic mass is 32.2. The molecule has 1 aromatic carbocycles. The lowest BCUT2D eigenvalue weighted by molar-refractivity contribution is 0.423. The smallest absolute Gasteiger partial charge is 0.281 e. The molecule has 0 atom stereocenters. The summed E-state index contributed by atoms with van der Waals surface area (Å²) < 4.78 is 19.3. The summed E-state index contributed by atoms with van der Waals surface area (Å²) >= 11 is 1.13. The van der Waals surface area contributed by atoms with Crippen molar-refractivity contribution >= 4 is 11.8 Å². The van der Waals surface area contributed by atoms with Crippen molar-refractivity contribution in [3.8, 4) is 0 Å². The van der Waals surface area contributed by atoms with Gasteiger partial charge < -0.3 is 9.73 Å². The molecule has 108 valence electrons. The largest absolute Gasteiger partial charge is 0.416 e. The van der Waals surface area contributed by atoms with Crippen LogP contribution in [-0.4, -0.2) is 15.7 Å². The van der Waals surface area contributed by atoms with Crippen molar-refractivity contribution in [3.63, 3.8) is 0 Å². The van der Waals surface area contributed by atoms with E-state index in [2.05, 4.69) is 36.3 Å². The molecule has 6 heteroatoms. The quantitative estimate of drug-likeness (QED) is 0.934. The number of rotatable bonds is 4. The van der Waals surface area contributed by atoms with Crippen LogP contribution in [0, 0.1) is 12.7 Å². The third-order valence-electron chi connectivity index (χ3n) is 2.52. The minimum atomic E-state index is -0.279. The molecule has 0 aliphatic rings. The van der Waals surface area contributed by atoms with Crippen LogP contribution in [0.4, 0.5) is 4.39 Å². The Balaban J connectivity index is 2.06. The number of aromatic nitrogens is 2. The standard InChI is InChI=1S/C14H18FN3OS/c1-9-17-18-13(19-9)20-12-6-5-10(7-11(12)15)8-16-14(2,3)4/h5-7,16H,8H2,1-4H3. The Labute approximate surface area is 122 Å². The predicted molar refractivity (Wildman–Crippen MR) is 76.2 cm³/mol. The molecule has 1 aromatic heterocycles. The minimum Gasteiger partial charge on any atom is -0.416 e. The molecule has 0 aliphatic heterocycles. The lowest BCUT2D eigenvalue weighted by atomic mass is 10.1. The zero-order valence-corrected chi connectivity index (χ0v) is 12.8. The second kappa shape index (κ2) is 5.93. The third-order valence-corrected chi connectivity index (χ3v) is 3.41. The summed E-state index contributed by atoms with van der Waals surface area (Å²) in [6, 6.07) is 5.16. The molecular weight excluding hydrogens is 277 g/mol. The van der Waals surface area contributed by atoms with Crippen LogP contribution < -0.4 is 5.32 Å². The van der Waals surface area contributed by atoms with Crippen LogP contribution in [0.2, 0.25) is 0 Å². The molecule has 0 unspecified atom stereocenters. The lowest BCUT2D eigenvalue weighted by Crippen LogP contribution is -2.35. The first-order valence-electron chi connectivity index (χ1n) is 6.35. The van der Waals surface area contributed by atoms with Gasteiger partial charge in [-0.2, -0.15) is 0 Å². The van der Waals surface area contributed by atoms with E-state index in [9.17, 15) is 4.39 Å².